The molecule has 5 heteroatoms. The second-order valence-corrected chi connectivity index (χ2v) is 5.39. The lowest BCUT2D eigenvalue weighted by molar-refractivity contribution is -0.131. The van der Waals surface area contributed by atoms with Crippen molar-refractivity contribution in [2.24, 2.45) is 0 Å². The SMILES string of the molecule is O=C([C@H](c1ccccc1)[C@H]1CCCO1)N1CCOC1=S. The molecule has 2 heterocycles. The van der Waals surface area contributed by atoms with Crippen LogP contribution in [0.5, 0.6) is 0 Å². The number of ether oxygens (including phenoxy) is 2. The summed E-state index contributed by atoms with van der Waals surface area (Å²) in [5, 5.41) is 0.286. The number of amides is 1. The lowest BCUT2D eigenvalue weighted by atomic mass is 9.90. The van der Waals surface area contributed by atoms with E-state index in [4.69, 9.17) is 21.7 Å². The Morgan fingerprint density at radius 3 is 2.70 bits per heavy atom. The van der Waals surface area contributed by atoms with Gasteiger partial charge in [0.1, 0.15) is 6.61 Å². The van der Waals surface area contributed by atoms with Gasteiger partial charge in [0.2, 0.25) is 5.91 Å². The third kappa shape index (κ3) is 2.55. The van der Waals surface area contributed by atoms with Crippen LogP contribution in [-0.2, 0) is 14.3 Å². The molecule has 2 saturated heterocycles. The van der Waals surface area contributed by atoms with Crippen LogP contribution in [0.25, 0.3) is 0 Å². The Morgan fingerprint density at radius 2 is 2.10 bits per heavy atom. The minimum Gasteiger partial charge on any atom is -0.469 e. The molecule has 1 aromatic rings. The molecule has 2 fully saturated rings. The predicted octanol–water partition coefficient (Wildman–Crippen LogP) is 2.09. The zero-order valence-electron chi connectivity index (χ0n) is 11.2. The topological polar surface area (TPSA) is 38.8 Å². The normalized spacial score (nSPS) is 23.7. The van der Waals surface area contributed by atoms with Crippen molar-refractivity contribution in [2.75, 3.05) is 19.8 Å². The van der Waals surface area contributed by atoms with Crippen molar-refractivity contribution in [3.05, 3.63) is 35.9 Å². The van der Waals surface area contributed by atoms with Crippen LogP contribution in [-0.4, -0.2) is 41.8 Å². The van der Waals surface area contributed by atoms with E-state index in [1.807, 2.05) is 30.3 Å². The molecular weight excluding hydrogens is 274 g/mol. The highest BCUT2D eigenvalue weighted by Crippen LogP contribution is 2.31. The Labute approximate surface area is 123 Å². The van der Waals surface area contributed by atoms with Crippen LogP contribution in [0.2, 0.25) is 0 Å². The maximum absolute atomic E-state index is 12.8. The molecule has 0 radical (unpaired) electrons. The van der Waals surface area contributed by atoms with E-state index in [0.29, 0.717) is 13.2 Å². The van der Waals surface area contributed by atoms with Gasteiger partial charge in [-0.15, -0.1) is 0 Å². The molecule has 20 heavy (non-hydrogen) atoms. The summed E-state index contributed by atoms with van der Waals surface area (Å²) in [4.78, 5) is 14.4. The molecular formula is C15H17NO3S. The number of hydrogen-bond acceptors (Lipinski definition) is 4. The summed E-state index contributed by atoms with van der Waals surface area (Å²) < 4.78 is 11.0. The van der Waals surface area contributed by atoms with E-state index < -0.39 is 0 Å². The Morgan fingerprint density at radius 1 is 1.30 bits per heavy atom. The van der Waals surface area contributed by atoms with Gasteiger partial charge in [-0.25, -0.2) is 0 Å². The van der Waals surface area contributed by atoms with Gasteiger partial charge in [-0.1, -0.05) is 30.3 Å². The molecule has 0 aromatic heterocycles. The van der Waals surface area contributed by atoms with Crippen LogP contribution in [0.4, 0.5) is 0 Å². The predicted molar refractivity (Wildman–Crippen MR) is 78.4 cm³/mol. The molecule has 4 nitrogen and oxygen atoms in total. The second kappa shape index (κ2) is 5.89. The molecule has 2 atom stereocenters. The van der Waals surface area contributed by atoms with Crippen molar-refractivity contribution in [1.82, 2.24) is 4.90 Å². The highest BCUT2D eigenvalue weighted by molar-refractivity contribution is 7.80. The number of hydrogen-bond donors (Lipinski definition) is 0. The minimum atomic E-state index is -0.293. The molecule has 3 rings (SSSR count). The van der Waals surface area contributed by atoms with Gasteiger partial charge in [-0.3, -0.25) is 9.69 Å². The van der Waals surface area contributed by atoms with E-state index in [1.165, 1.54) is 0 Å². The number of rotatable bonds is 3. The van der Waals surface area contributed by atoms with Gasteiger partial charge in [0.05, 0.1) is 18.6 Å². The Balaban J connectivity index is 1.88. The molecule has 2 aliphatic heterocycles. The van der Waals surface area contributed by atoms with Crippen molar-refractivity contribution in [1.29, 1.82) is 0 Å². The smallest absolute Gasteiger partial charge is 0.266 e. The summed E-state index contributed by atoms with van der Waals surface area (Å²) in [7, 11) is 0. The molecule has 1 aromatic carbocycles. The van der Waals surface area contributed by atoms with E-state index in [-0.39, 0.29) is 23.1 Å². The van der Waals surface area contributed by atoms with E-state index in [1.54, 1.807) is 4.90 Å². The third-order valence-electron chi connectivity index (χ3n) is 3.79. The Kier molecular flexibility index (Phi) is 3.98. The van der Waals surface area contributed by atoms with Crippen LogP contribution < -0.4 is 0 Å². The molecule has 1 amide bonds. The second-order valence-electron chi connectivity index (χ2n) is 5.04. The third-order valence-corrected chi connectivity index (χ3v) is 4.13. The molecule has 0 spiro atoms. The number of carbonyl (C=O) groups excluding carboxylic acids is 1. The van der Waals surface area contributed by atoms with Crippen molar-refractivity contribution in [2.45, 2.75) is 24.9 Å². The number of benzene rings is 1. The maximum atomic E-state index is 12.8. The van der Waals surface area contributed by atoms with Gasteiger partial charge in [0, 0.05) is 6.61 Å². The van der Waals surface area contributed by atoms with E-state index >= 15 is 0 Å². The first-order valence-corrected chi connectivity index (χ1v) is 7.33. The summed E-state index contributed by atoms with van der Waals surface area (Å²) >= 11 is 5.10. The summed E-state index contributed by atoms with van der Waals surface area (Å²) in [5.41, 5.74) is 0.985. The lowest BCUT2D eigenvalue weighted by Gasteiger charge is -2.26. The van der Waals surface area contributed by atoms with Gasteiger partial charge >= 0.3 is 0 Å². The van der Waals surface area contributed by atoms with Crippen molar-refractivity contribution < 1.29 is 14.3 Å². The van der Waals surface area contributed by atoms with Crippen LogP contribution in [0.1, 0.15) is 24.3 Å². The van der Waals surface area contributed by atoms with Crippen LogP contribution >= 0.6 is 12.2 Å². The van der Waals surface area contributed by atoms with Crippen LogP contribution in [0.15, 0.2) is 30.3 Å². The quantitative estimate of drug-likeness (QED) is 0.799. The average Bonchev–Trinajstić information content (AvgIpc) is 3.12. The first-order valence-electron chi connectivity index (χ1n) is 6.92. The molecule has 2 aliphatic rings. The van der Waals surface area contributed by atoms with Gasteiger partial charge < -0.3 is 9.47 Å². The summed E-state index contributed by atoms with van der Waals surface area (Å²) in [5.74, 6) is -0.302. The fourth-order valence-corrected chi connectivity index (χ4v) is 3.07. The number of thiocarbonyl (C=S) groups is 1. The minimum absolute atomic E-state index is 0.00870. The fraction of sp³-hybridized carbons (Fsp3) is 0.467. The maximum Gasteiger partial charge on any atom is 0.266 e. The molecule has 0 unspecified atom stereocenters. The van der Waals surface area contributed by atoms with Crippen LogP contribution in [0.3, 0.4) is 0 Å². The van der Waals surface area contributed by atoms with E-state index in [0.717, 1.165) is 25.0 Å². The summed E-state index contributed by atoms with van der Waals surface area (Å²) in [6.07, 6.45) is 1.85. The molecule has 0 saturated carbocycles. The highest BCUT2D eigenvalue weighted by atomic mass is 32.1. The lowest BCUT2D eigenvalue weighted by Crippen LogP contribution is -2.40. The number of nitrogens with zero attached hydrogens (tertiary/aromatic N) is 1. The monoisotopic (exact) mass is 291 g/mol. The molecule has 106 valence electrons. The van der Waals surface area contributed by atoms with Gasteiger partial charge in [0.15, 0.2) is 0 Å². The zero-order chi connectivity index (χ0) is 13.9. The first-order chi connectivity index (χ1) is 9.77. The number of carbonyl (C=O) groups is 1. The molecule has 0 aliphatic carbocycles. The first kappa shape index (κ1) is 13.5. The zero-order valence-corrected chi connectivity index (χ0v) is 12.0. The highest BCUT2D eigenvalue weighted by Gasteiger charge is 2.38. The molecule has 0 N–H and O–H groups in total. The largest absolute Gasteiger partial charge is 0.469 e. The van der Waals surface area contributed by atoms with Gasteiger partial charge in [-0.2, -0.15) is 0 Å². The van der Waals surface area contributed by atoms with Crippen LogP contribution in [0, 0.1) is 0 Å². The van der Waals surface area contributed by atoms with Crippen molar-refractivity contribution >= 4 is 23.3 Å². The van der Waals surface area contributed by atoms with Gasteiger partial charge in [0.25, 0.3) is 5.17 Å². The van der Waals surface area contributed by atoms with Crippen molar-refractivity contribution in [3.63, 3.8) is 0 Å². The standard InChI is InChI=1S/C15H17NO3S/c17-14(16-8-10-19-15(16)20)13(12-7-4-9-18-12)11-5-2-1-3-6-11/h1-3,5-6,12-13H,4,7-10H2/t12-,13-/m1/s1. The van der Waals surface area contributed by atoms with Crippen molar-refractivity contribution in [3.8, 4) is 0 Å². The van der Waals surface area contributed by atoms with E-state index in [9.17, 15) is 4.79 Å². The fourth-order valence-electron chi connectivity index (χ4n) is 2.80. The average molecular weight is 291 g/mol. The Hall–Kier alpha value is -1.46. The summed E-state index contributed by atoms with van der Waals surface area (Å²) in [6.45, 7) is 1.74. The Bertz CT molecular complexity index is 499. The molecule has 0 bridgehead atoms. The van der Waals surface area contributed by atoms with Gasteiger partial charge in [-0.05, 0) is 30.6 Å². The summed E-state index contributed by atoms with van der Waals surface area (Å²) in [6, 6.07) is 9.80. The van der Waals surface area contributed by atoms with E-state index in [2.05, 4.69) is 0 Å².